The Hall–Kier alpha value is -7.22. The van der Waals surface area contributed by atoms with Crippen LogP contribution in [0.5, 0.6) is 0 Å². The molecule has 53 heteroatoms. The van der Waals surface area contributed by atoms with Crippen LogP contribution in [0, 0.1) is 5.92 Å². The summed E-state index contributed by atoms with van der Waals surface area (Å²) in [6.07, 6.45) is -24.1. The summed E-state index contributed by atoms with van der Waals surface area (Å²) in [4.78, 5) is 142. The Morgan fingerprint density at radius 2 is 0.704 bits per heavy atom. The van der Waals surface area contributed by atoms with Gasteiger partial charge in [-0.1, -0.05) is 38.5 Å². The molecule has 7 aliphatic rings. The smallest absolute Gasteiger partial charge is 0.306 e. The summed E-state index contributed by atoms with van der Waals surface area (Å²) in [6.45, 7) is 11.1. The Balaban J connectivity index is 0.843. The average Bonchev–Trinajstić information content (AvgIpc) is 0.860. The summed E-state index contributed by atoms with van der Waals surface area (Å²) >= 11 is 0. The van der Waals surface area contributed by atoms with E-state index in [1.165, 1.54) is 42.1 Å². The number of ether oxygens (including phenoxy) is 12. The molecule has 5 heterocycles. The average molecular weight is 2050 g/mol. The SMILES string of the molecule is CO[C@@H]1OC(C(=O)NCCCC2CN(CCOCCOCCNC(=O)CCC(CCC(=O)NCCOCCOCCN3CC(CCCNC(=O)C4C[C@@H](OC)[C@H](NC(C)=O)[C@@H](O)[C@H]4O)NN3)(CCC(=O)NCCOCCOCCN3CC(CCCNC(=O)C4O[C@@H](OC)[C@H](NC(C)=O)[C@@H](O)[C@H]4O)NN3)NC(=O)CCCCCCCCCCC(=O)OC3C(F)C(F)C(F)C(F)C3F)NN2)[C@H](O)[C@H](O)[C@H]1NC(C)=O. The monoisotopic (exact) mass is 2050 g/mol. The van der Waals surface area contributed by atoms with Gasteiger partial charge in [-0.15, -0.1) is 0 Å². The molecule has 10 unspecified atom stereocenters. The summed E-state index contributed by atoms with van der Waals surface area (Å²) in [7, 11) is 3.98. The number of hydrazine groups is 6. The number of aliphatic hydroxyl groups is 6. The van der Waals surface area contributed by atoms with Crippen molar-refractivity contribution >= 4 is 65.0 Å². The number of hydrogen-bond acceptors (Lipinski definition) is 38. The fourth-order valence-electron chi connectivity index (χ4n) is 17.6. The fourth-order valence-corrected chi connectivity index (χ4v) is 17.6. The number of esters is 1. The second-order valence-electron chi connectivity index (χ2n) is 36.6. The zero-order valence-electron chi connectivity index (χ0n) is 82.4. The molecule has 0 bridgehead atoms. The number of amides is 10. The van der Waals surface area contributed by atoms with Gasteiger partial charge in [0.1, 0.15) is 42.6 Å². The van der Waals surface area contributed by atoms with Gasteiger partial charge in [0, 0.05) is 176 Å². The number of nitrogens with zero attached hydrogens (tertiary/aromatic N) is 3. The zero-order chi connectivity index (χ0) is 103. The minimum absolute atomic E-state index is 0.0157. The normalized spacial score (nSPS) is 29.0. The first kappa shape index (κ1) is 122. The van der Waals surface area contributed by atoms with E-state index >= 15 is 0 Å². The molecule has 818 valence electrons. The summed E-state index contributed by atoms with van der Waals surface area (Å²) < 4.78 is 137. The third-order valence-electron chi connectivity index (χ3n) is 25.5. The van der Waals surface area contributed by atoms with Crippen molar-refractivity contribution < 1.29 is 162 Å². The maximum Gasteiger partial charge on any atom is 0.306 e. The van der Waals surface area contributed by atoms with E-state index in [9.17, 15) is 105 Å². The van der Waals surface area contributed by atoms with Gasteiger partial charge in [0.2, 0.25) is 47.3 Å². The lowest BCUT2D eigenvalue weighted by Gasteiger charge is -2.41. The van der Waals surface area contributed by atoms with Crippen molar-refractivity contribution in [1.29, 1.82) is 0 Å². The number of rotatable bonds is 70. The van der Waals surface area contributed by atoms with Gasteiger partial charge in [-0.3, -0.25) is 52.7 Å². The number of unbranched alkanes of at least 4 members (excludes halogenated alkanes) is 7. The predicted molar refractivity (Wildman–Crippen MR) is 494 cm³/mol. The van der Waals surface area contributed by atoms with Crippen LogP contribution in [0.2, 0.25) is 0 Å². The number of carbonyl (C=O) groups excluding carboxylic acids is 11. The van der Waals surface area contributed by atoms with E-state index < -0.39 is 193 Å². The molecule has 0 aromatic rings. The zero-order valence-corrected chi connectivity index (χ0v) is 82.4. The predicted octanol–water partition coefficient (Wildman–Crippen LogP) is -5.63. The van der Waals surface area contributed by atoms with Gasteiger partial charge >= 0.3 is 5.97 Å². The quantitative estimate of drug-likeness (QED) is 0.0153. The van der Waals surface area contributed by atoms with Crippen LogP contribution >= 0.6 is 0 Å². The molecule has 10 amide bonds. The molecule has 0 aromatic heterocycles. The third-order valence-corrected chi connectivity index (χ3v) is 25.5. The second-order valence-corrected chi connectivity index (χ2v) is 36.6. The van der Waals surface area contributed by atoms with Crippen LogP contribution in [-0.2, 0) is 110 Å². The molecular formula is C89H158F5N19O29. The Morgan fingerprint density at radius 1 is 0.366 bits per heavy atom. The lowest BCUT2D eigenvalue weighted by molar-refractivity contribution is -0.251. The van der Waals surface area contributed by atoms with Crippen molar-refractivity contribution in [3.63, 3.8) is 0 Å². The first-order valence-electron chi connectivity index (χ1n) is 49.5. The van der Waals surface area contributed by atoms with Crippen LogP contribution in [0.25, 0.3) is 0 Å². The number of methoxy groups -OCH3 is 3. The topological polar surface area (TPSA) is 622 Å². The van der Waals surface area contributed by atoms with Gasteiger partial charge in [0.25, 0.3) is 11.8 Å². The van der Waals surface area contributed by atoms with Crippen molar-refractivity contribution in [2.75, 3.05) is 179 Å². The number of halogens is 5. The highest BCUT2D eigenvalue weighted by Gasteiger charge is 2.56. The first-order chi connectivity index (χ1) is 68.2. The molecule has 48 nitrogen and oxygen atoms in total. The van der Waals surface area contributed by atoms with Crippen LogP contribution in [0.15, 0.2) is 0 Å². The Labute approximate surface area is 824 Å². The van der Waals surface area contributed by atoms with Gasteiger partial charge in [0.05, 0.1) is 103 Å². The summed E-state index contributed by atoms with van der Waals surface area (Å²) in [5.74, 6) is -6.63. The van der Waals surface area contributed by atoms with E-state index in [0.717, 1.165) is 12.8 Å². The van der Waals surface area contributed by atoms with E-state index in [-0.39, 0.29) is 180 Å². The lowest BCUT2D eigenvalue weighted by Crippen LogP contribution is -2.66. The lowest BCUT2D eigenvalue weighted by atomic mass is 9.78. The second kappa shape index (κ2) is 66.9. The molecule has 7 fully saturated rings. The van der Waals surface area contributed by atoms with Crippen LogP contribution in [0.4, 0.5) is 22.0 Å². The van der Waals surface area contributed by atoms with Crippen molar-refractivity contribution in [2.45, 2.75) is 315 Å². The molecule has 22 N–H and O–H groups in total. The van der Waals surface area contributed by atoms with Gasteiger partial charge in [0.15, 0.2) is 61.8 Å². The Kier molecular flexibility index (Phi) is 57.3. The molecule has 2 aliphatic carbocycles. The van der Waals surface area contributed by atoms with Crippen LogP contribution in [-0.4, -0.2) is 436 Å². The van der Waals surface area contributed by atoms with E-state index in [4.69, 9.17) is 56.8 Å². The van der Waals surface area contributed by atoms with Gasteiger partial charge in [-0.05, 0) is 77.0 Å². The molecule has 142 heavy (non-hydrogen) atoms. The summed E-state index contributed by atoms with van der Waals surface area (Å²) in [5, 5.41) is 97.3. The molecule has 5 aliphatic heterocycles. The van der Waals surface area contributed by atoms with Crippen molar-refractivity contribution in [3.8, 4) is 0 Å². The largest absolute Gasteiger partial charge is 0.456 e. The highest BCUT2D eigenvalue weighted by Crippen LogP contribution is 2.35. The molecular weight excluding hydrogens is 1890 g/mol. The summed E-state index contributed by atoms with van der Waals surface area (Å²) in [5.41, 5.74) is 17.7. The molecule has 0 aromatic carbocycles. The maximum atomic E-state index is 14.3. The standard InChI is InChI=1S/C89H158F5N19O29/c1-54(114)101-72-61(131-4)50-60(75(122)76(72)123)84(128)98-29-15-18-57-51-111(108-105-57)35-41-137-47-44-134-38-32-95-62(117)23-26-89(104-65(120)21-13-11-9-7-8-10-12-14-22-66(121)140-81-70(93)68(91)67(90)69(92)71(81)94,27-24-63(118)96-33-39-135-45-48-138-42-36-112-52-58(106-109-112)19-16-30-99-85(129)82-79(126)77(124)73(102-55(2)115)87(132-5)141-82)28-25-64(119)97-34-40-136-46-49-139-43-37-113-53-59(107-110-113)20-17-31-100-86(130)83-80(127)78(125)74(103-56(3)116)88(133-6)142-83/h57-61,67-83,87-88,105-110,122-127H,7-53H2,1-6H3,(H,95,117)(H,96,118)(H,97,119)(H,98,128)(H,99,129)(H,100,130)(H,101,114)(H,102,115)(H,103,116)(H,104,120)/t57?,58?,59?,60?,61-,67?,68?,69?,70?,71?,72+,73-,74-,75+,76-,77-,78-,79-,80-,81?,82?,83?,87-,88-,89?/m1/s1. The van der Waals surface area contributed by atoms with Gasteiger partial charge < -0.3 is 141 Å². The van der Waals surface area contributed by atoms with Gasteiger partial charge in [-0.25, -0.2) is 53.3 Å². The molecule has 22 atom stereocenters. The molecule has 0 spiro atoms. The minimum Gasteiger partial charge on any atom is -0.456 e. The Bertz CT molecular complexity index is 3420. The molecule has 2 saturated carbocycles. The van der Waals surface area contributed by atoms with Crippen LogP contribution in [0.3, 0.4) is 0 Å². The highest BCUT2D eigenvalue weighted by atomic mass is 19.2. The minimum atomic E-state index is -3.02. The first-order valence-corrected chi connectivity index (χ1v) is 49.5. The highest BCUT2D eigenvalue weighted by molar-refractivity contribution is 5.83. The van der Waals surface area contributed by atoms with Gasteiger partial charge in [-0.2, -0.15) is 16.6 Å². The molecule has 0 radical (unpaired) electrons. The van der Waals surface area contributed by atoms with E-state index in [1.54, 1.807) is 0 Å². The van der Waals surface area contributed by atoms with Crippen molar-refractivity contribution in [3.05, 3.63) is 0 Å². The number of carbonyl (C=O) groups is 11. The fraction of sp³-hybridized carbons (Fsp3) is 0.876. The van der Waals surface area contributed by atoms with E-state index in [2.05, 4.69) is 86.0 Å². The molecule has 7 rings (SSSR count). The van der Waals surface area contributed by atoms with E-state index in [1.807, 2.05) is 15.0 Å². The number of hydrogen-bond donors (Lipinski definition) is 22. The van der Waals surface area contributed by atoms with Crippen LogP contribution < -0.4 is 86.0 Å². The summed E-state index contributed by atoms with van der Waals surface area (Å²) in [6, 6.07) is -2.93. The molecule has 5 saturated heterocycles. The Morgan fingerprint density at radius 3 is 1.07 bits per heavy atom. The third kappa shape index (κ3) is 43.3. The maximum absolute atomic E-state index is 14.3. The van der Waals surface area contributed by atoms with Crippen LogP contribution in [0.1, 0.15) is 168 Å². The van der Waals surface area contributed by atoms with Crippen molar-refractivity contribution in [2.24, 2.45) is 5.92 Å². The number of alkyl halides is 5. The van der Waals surface area contributed by atoms with Crippen molar-refractivity contribution in [1.82, 2.24) is 101 Å². The van der Waals surface area contributed by atoms with E-state index in [0.29, 0.717) is 136 Å². The number of nitrogens with one attached hydrogen (secondary N) is 16. The number of aliphatic hydroxyl groups excluding tert-OH is 6.